The standard InChI is InChI=1S/C12H12N4O/c1-9-11(14-8-13)12(17)16(15(9)2)10-6-4-3-5-7-10/h3-7,14H,1-2H3. The van der Waals surface area contributed by atoms with Crippen LogP contribution in [0.4, 0.5) is 5.69 Å². The highest BCUT2D eigenvalue weighted by atomic mass is 16.1. The van der Waals surface area contributed by atoms with E-state index in [0.717, 1.165) is 11.4 Å². The van der Waals surface area contributed by atoms with Crippen LogP contribution in [0.2, 0.25) is 0 Å². The maximum absolute atomic E-state index is 12.1. The van der Waals surface area contributed by atoms with Crippen LogP contribution in [0.3, 0.4) is 0 Å². The molecule has 1 aromatic heterocycles. The second-order valence-corrected chi connectivity index (χ2v) is 3.67. The first-order valence-electron chi connectivity index (χ1n) is 5.16. The van der Waals surface area contributed by atoms with Gasteiger partial charge in [0.15, 0.2) is 6.19 Å². The number of nitrogens with zero attached hydrogens (tertiary/aromatic N) is 3. The van der Waals surface area contributed by atoms with Crippen LogP contribution in [-0.4, -0.2) is 9.36 Å². The third-order valence-electron chi connectivity index (χ3n) is 2.74. The molecule has 5 nitrogen and oxygen atoms in total. The van der Waals surface area contributed by atoms with Crippen LogP contribution in [0.1, 0.15) is 5.69 Å². The smallest absolute Gasteiger partial charge is 0.286 e. The van der Waals surface area contributed by atoms with Crippen LogP contribution < -0.4 is 10.9 Å². The van der Waals surface area contributed by atoms with Gasteiger partial charge in [-0.1, -0.05) is 18.2 Å². The number of hydrogen-bond acceptors (Lipinski definition) is 3. The van der Waals surface area contributed by atoms with Crippen molar-refractivity contribution in [3.05, 3.63) is 46.4 Å². The van der Waals surface area contributed by atoms with Crippen LogP contribution >= 0.6 is 0 Å². The third-order valence-corrected chi connectivity index (χ3v) is 2.74. The van der Waals surface area contributed by atoms with Crippen molar-refractivity contribution in [2.24, 2.45) is 7.05 Å². The van der Waals surface area contributed by atoms with Crippen molar-refractivity contribution in [1.82, 2.24) is 9.36 Å². The SMILES string of the molecule is Cc1c(NC#N)c(=O)n(-c2ccccc2)n1C. The zero-order valence-corrected chi connectivity index (χ0v) is 9.64. The van der Waals surface area contributed by atoms with E-state index in [9.17, 15) is 4.79 Å². The van der Waals surface area contributed by atoms with Crippen LogP contribution in [0.15, 0.2) is 35.1 Å². The van der Waals surface area contributed by atoms with E-state index in [1.807, 2.05) is 30.3 Å². The number of anilines is 1. The fraction of sp³-hybridized carbons (Fsp3) is 0.167. The Morgan fingerprint density at radius 1 is 1.29 bits per heavy atom. The minimum atomic E-state index is -0.224. The second-order valence-electron chi connectivity index (χ2n) is 3.67. The number of nitriles is 1. The molecule has 0 spiro atoms. The Morgan fingerprint density at radius 2 is 1.94 bits per heavy atom. The predicted octanol–water partition coefficient (Wildman–Crippen LogP) is 1.38. The van der Waals surface area contributed by atoms with Crippen molar-refractivity contribution in [2.75, 3.05) is 5.32 Å². The molecule has 0 saturated carbocycles. The molecule has 0 radical (unpaired) electrons. The number of aromatic nitrogens is 2. The summed E-state index contributed by atoms with van der Waals surface area (Å²) in [5.41, 5.74) is 1.59. The summed E-state index contributed by atoms with van der Waals surface area (Å²) in [4.78, 5) is 12.1. The van der Waals surface area contributed by atoms with E-state index in [2.05, 4.69) is 5.32 Å². The quantitative estimate of drug-likeness (QED) is 0.624. The first-order valence-corrected chi connectivity index (χ1v) is 5.16. The summed E-state index contributed by atoms with van der Waals surface area (Å²) in [6.07, 6.45) is 1.78. The lowest BCUT2D eigenvalue weighted by Crippen LogP contribution is -2.20. The highest BCUT2D eigenvalue weighted by Gasteiger charge is 2.15. The topological polar surface area (TPSA) is 62.8 Å². The number of hydrogen-bond donors (Lipinski definition) is 1. The Morgan fingerprint density at radius 3 is 2.53 bits per heavy atom. The summed E-state index contributed by atoms with van der Waals surface area (Å²) in [6, 6.07) is 9.30. The fourth-order valence-corrected chi connectivity index (χ4v) is 1.77. The molecule has 0 fully saturated rings. The molecule has 0 aliphatic carbocycles. The molecule has 2 rings (SSSR count). The summed E-state index contributed by atoms with van der Waals surface area (Å²) in [6.45, 7) is 1.79. The minimum absolute atomic E-state index is 0.224. The highest BCUT2D eigenvalue weighted by Crippen LogP contribution is 2.12. The molecule has 0 amide bonds. The van der Waals surface area contributed by atoms with Gasteiger partial charge in [0, 0.05) is 7.05 Å². The molecule has 0 atom stereocenters. The van der Waals surface area contributed by atoms with Gasteiger partial charge in [-0.2, -0.15) is 5.26 Å². The molecular weight excluding hydrogens is 216 g/mol. The Hall–Kier alpha value is -2.48. The first kappa shape index (κ1) is 11.0. The van der Waals surface area contributed by atoms with Gasteiger partial charge in [0.1, 0.15) is 5.69 Å². The van der Waals surface area contributed by atoms with Crippen LogP contribution in [0.5, 0.6) is 0 Å². The van der Waals surface area contributed by atoms with Gasteiger partial charge in [0.05, 0.1) is 11.4 Å². The highest BCUT2D eigenvalue weighted by molar-refractivity contribution is 5.51. The zero-order valence-electron chi connectivity index (χ0n) is 9.64. The lowest BCUT2D eigenvalue weighted by Gasteiger charge is -2.07. The Labute approximate surface area is 98.5 Å². The van der Waals surface area contributed by atoms with Gasteiger partial charge in [0.2, 0.25) is 0 Å². The van der Waals surface area contributed by atoms with Crippen molar-refractivity contribution in [2.45, 2.75) is 6.92 Å². The summed E-state index contributed by atoms with van der Waals surface area (Å²) in [5.74, 6) is 0. The largest absolute Gasteiger partial charge is 0.296 e. The lowest BCUT2D eigenvalue weighted by molar-refractivity contribution is 0.630. The van der Waals surface area contributed by atoms with Gasteiger partial charge in [-0.05, 0) is 19.1 Å². The average molecular weight is 228 g/mol. The van der Waals surface area contributed by atoms with Gasteiger partial charge >= 0.3 is 0 Å². The van der Waals surface area contributed by atoms with Crippen molar-refractivity contribution >= 4 is 5.69 Å². The molecule has 17 heavy (non-hydrogen) atoms. The molecule has 0 saturated heterocycles. The zero-order chi connectivity index (χ0) is 12.4. The molecule has 86 valence electrons. The van der Waals surface area contributed by atoms with Crippen molar-refractivity contribution in [3.63, 3.8) is 0 Å². The molecule has 0 unspecified atom stereocenters. The molecule has 0 aliphatic heterocycles. The first-order chi connectivity index (χ1) is 8.16. The van der Waals surface area contributed by atoms with E-state index in [-0.39, 0.29) is 5.56 Å². The lowest BCUT2D eigenvalue weighted by atomic mass is 10.3. The predicted molar refractivity (Wildman–Crippen MR) is 65.0 cm³/mol. The van der Waals surface area contributed by atoms with E-state index < -0.39 is 0 Å². The average Bonchev–Trinajstić information content (AvgIpc) is 2.55. The summed E-state index contributed by atoms with van der Waals surface area (Å²) >= 11 is 0. The third kappa shape index (κ3) is 1.70. The second kappa shape index (κ2) is 4.18. The van der Waals surface area contributed by atoms with E-state index in [1.165, 1.54) is 4.68 Å². The van der Waals surface area contributed by atoms with Gasteiger partial charge < -0.3 is 0 Å². The molecular formula is C12H12N4O. The number of nitrogens with one attached hydrogen (secondary N) is 1. The molecule has 2 aromatic rings. The van der Waals surface area contributed by atoms with E-state index >= 15 is 0 Å². The maximum Gasteiger partial charge on any atom is 0.296 e. The number of para-hydroxylation sites is 1. The number of benzene rings is 1. The summed E-state index contributed by atoms with van der Waals surface area (Å²) in [5, 5.41) is 11.0. The van der Waals surface area contributed by atoms with Gasteiger partial charge in [-0.3, -0.25) is 14.8 Å². The van der Waals surface area contributed by atoms with E-state index in [1.54, 1.807) is 24.8 Å². The molecule has 1 heterocycles. The van der Waals surface area contributed by atoms with Crippen molar-refractivity contribution < 1.29 is 0 Å². The molecule has 0 aliphatic rings. The van der Waals surface area contributed by atoms with Crippen LogP contribution in [-0.2, 0) is 7.05 Å². The summed E-state index contributed by atoms with van der Waals surface area (Å²) < 4.78 is 3.24. The Balaban J connectivity index is 2.69. The van der Waals surface area contributed by atoms with Gasteiger partial charge in [-0.25, -0.2) is 4.68 Å². The summed E-state index contributed by atoms with van der Waals surface area (Å²) in [7, 11) is 1.78. The minimum Gasteiger partial charge on any atom is -0.286 e. The number of rotatable bonds is 2. The fourth-order valence-electron chi connectivity index (χ4n) is 1.77. The van der Waals surface area contributed by atoms with Gasteiger partial charge in [0.25, 0.3) is 5.56 Å². The van der Waals surface area contributed by atoms with Crippen LogP contribution in [0.25, 0.3) is 5.69 Å². The van der Waals surface area contributed by atoms with Crippen molar-refractivity contribution in [1.29, 1.82) is 5.26 Å². The normalized spacial score (nSPS) is 9.94. The Kier molecular flexibility index (Phi) is 2.71. The van der Waals surface area contributed by atoms with Gasteiger partial charge in [-0.15, -0.1) is 0 Å². The maximum atomic E-state index is 12.1. The molecule has 1 N–H and O–H groups in total. The monoisotopic (exact) mass is 228 g/mol. The van der Waals surface area contributed by atoms with Crippen molar-refractivity contribution in [3.8, 4) is 11.9 Å². The van der Waals surface area contributed by atoms with E-state index in [4.69, 9.17) is 5.26 Å². The van der Waals surface area contributed by atoms with E-state index in [0.29, 0.717) is 5.69 Å². The molecule has 0 bridgehead atoms. The molecule has 1 aromatic carbocycles. The molecule has 5 heteroatoms. The van der Waals surface area contributed by atoms with Crippen LogP contribution in [0, 0.1) is 18.4 Å². The Bertz CT molecular complexity index is 631.